The molecule has 3 aliphatic rings. The zero-order valence-electron chi connectivity index (χ0n) is 11.6. The molecular formula is C16H22N2O. The summed E-state index contributed by atoms with van der Waals surface area (Å²) < 4.78 is 0. The van der Waals surface area contributed by atoms with Crippen molar-refractivity contribution in [3.05, 3.63) is 30.1 Å². The smallest absolute Gasteiger partial charge is 0.156 e. The maximum Gasteiger partial charge on any atom is 0.156 e. The second-order valence-electron chi connectivity index (χ2n) is 5.97. The van der Waals surface area contributed by atoms with E-state index in [0.717, 1.165) is 50.9 Å². The molecule has 0 radical (unpaired) electrons. The highest BCUT2D eigenvalue weighted by molar-refractivity contribution is 5.91. The van der Waals surface area contributed by atoms with E-state index in [4.69, 9.17) is 0 Å². The monoisotopic (exact) mass is 258 g/mol. The number of rotatable bonds is 4. The van der Waals surface area contributed by atoms with Gasteiger partial charge in [0.2, 0.25) is 0 Å². The summed E-state index contributed by atoms with van der Waals surface area (Å²) >= 11 is 0. The van der Waals surface area contributed by atoms with E-state index in [-0.39, 0.29) is 11.5 Å². The third-order valence-corrected chi connectivity index (χ3v) is 4.88. The van der Waals surface area contributed by atoms with Crippen LogP contribution >= 0.6 is 0 Å². The van der Waals surface area contributed by atoms with Crippen molar-refractivity contribution < 1.29 is 4.79 Å². The molecule has 19 heavy (non-hydrogen) atoms. The fourth-order valence-electron chi connectivity index (χ4n) is 3.82. The molecule has 4 rings (SSSR count). The van der Waals surface area contributed by atoms with Crippen LogP contribution in [0.2, 0.25) is 0 Å². The second kappa shape index (κ2) is 5.04. The van der Waals surface area contributed by atoms with E-state index in [0.29, 0.717) is 5.78 Å². The summed E-state index contributed by atoms with van der Waals surface area (Å²) in [5.74, 6) is 0.484. The number of carbonyl (C=O) groups excluding carboxylic acids is 1. The van der Waals surface area contributed by atoms with Crippen molar-refractivity contribution in [2.45, 2.75) is 45.1 Å². The summed E-state index contributed by atoms with van der Waals surface area (Å²) in [7, 11) is 0. The largest absolute Gasteiger partial charge is 0.297 e. The van der Waals surface area contributed by atoms with Crippen LogP contribution in [0.1, 0.15) is 38.3 Å². The van der Waals surface area contributed by atoms with Gasteiger partial charge in [-0.05, 0) is 44.5 Å². The van der Waals surface area contributed by atoms with Gasteiger partial charge in [0, 0.05) is 23.7 Å². The summed E-state index contributed by atoms with van der Waals surface area (Å²) in [5.41, 5.74) is 1.03. The molecular weight excluding hydrogens is 236 g/mol. The Labute approximate surface area is 115 Å². The maximum atomic E-state index is 12.8. The number of pyridine rings is 1. The summed E-state index contributed by atoms with van der Waals surface area (Å²) in [6.45, 7) is 4.36. The van der Waals surface area contributed by atoms with Gasteiger partial charge in [-0.1, -0.05) is 19.4 Å². The van der Waals surface area contributed by atoms with Crippen molar-refractivity contribution in [3.63, 3.8) is 0 Å². The number of nitrogens with zero attached hydrogens (tertiary/aromatic N) is 2. The fourth-order valence-corrected chi connectivity index (χ4v) is 3.82. The van der Waals surface area contributed by atoms with Crippen LogP contribution in [0.4, 0.5) is 0 Å². The number of ketones is 1. The molecule has 2 bridgehead atoms. The number of aromatic nitrogens is 1. The minimum Gasteiger partial charge on any atom is -0.297 e. The summed E-state index contributed by atoms with van der Waals surface area (Å²) in [6, 6.07) is 6.04. The number of hydrogen-bond acceptors (Lipinski definition) is 3. The van der Waals surface area contributed by atoms with Crippen molar-refractivity contribution in [2.75, 3.05) is 13.1 Å². The SMILES string of the molecule is CCCC12CCN(CC1)C(Cc1ccccn1)C2=O. The molecule has 1 aromatic rings. The van der Waals surface area contributed by atoms with Gasteiger partial charge < -0.3 is 0 Å². The highest BCUT2D eigenvalue weighted by Gasteiger charge is 2.50. The molecule has 3 fully saturated rings. The van der Waals surface area contributed by atoms with Crippen LogP contribution < -0.4 is 0 Å². The van der Waals surface area contributed by atoms with Crippen LogP contribution in [0, 0.1) is 5.41 Å². The predicted molar refractivity (Wildman–Crippen MR) is 74.9 cm³/mol. The number of Topliss-reactive ketones (excluding diaryl/α,β-unsaturated/α-hetero) is 1. The van der Waals surface area contributed by atoms with Crippen molar-refractivity contribution in [3.8, 4) is 0 Å². The Bertz CT molecular complexity index is 444. The minimum atomic E-state index is -0.0110. The standard InChI is InChI=1S/C16H22N2O/c1-2-6-16-7-10-18(11-8-16)14(15(16)19)12-13-5-3-4-9-17-13/h3-5,9,14H,2,6-8,10-12H2,1H3. The quantitative estimate of drug-likeness (QED) is 0.831. The lowest BCUT2D eigenvalue weighted by molar-refractivity contribution is -0.148. The van der Waals surface area contributed by atoms with Crippen LogP contribution in [-0.2, 0) is 11.2 Å². The molecule has 0 aliphatic carbocycles. The Kier molecular flexibility index (Phi) is 3.40. The molecule has 1 unspecified atom stereocenters. The van der Waals surface area contributed by atoms with Crippen molar-refractivity contribution in [1.29, 1.82) is 0 Å². The van der Waals surface area contributed by atoms with Gasteiger partial charge in [-0.3, -0.25) is 14.7 Å². The zero-order chi connectivity index (χ0) is 13.3. The van der Waals surface area contributed by atoms with E-state index in [2.05, 4.69) is 16.8 Å². The van der Waals surface area contributed by atoms with E-state index < -0.39 is 0 Å². The molecule has 0 amide bonds. The average molecular weight is 258 g/mol. The number of carbonyl (C=O) groups is 1. The van der Waals surface area contributed by atoms with E-state index in [1.54, 1.807) is 0 Å². The molecule has 0 spiro atoms. The molecule has 3 saturated heterocycles. The zero-order valence-corrected chi connectivity index (χ0v) is 11.6. The summed E-state index contributed by atoms with van der Waals surface area (Å²) in [4.78, 5) is 19.6. The Morgan fingerprint density at radius 2 is 2.16 bits per heavy atom. The van der Waals surface area contributed by atoms with Crippen LogP contribution in [0.3, 0.4) is 0 Å². The van der Waals surface area contributed by atoms with Gasteiger partial charge >= 0.3 is 0 Å². The highest BCUT2D eigenvalue weighted by atomic mass is 16.1. The first-order valence-corrected chi connectivity index (χ1v) is 7.43. The molecule has 3 nitrogen and oxygen atoms in total. The van der Waals surface area contributed by atoms with Gasteiger partial charge in [0.1, 0.15) is 0 Å². The van der Waals surface area contributed by atoms with Gasteiger partial charge in [-0.25, -0.2) is 0 Å². The van der Waals surface area contributed by atoms with Crippen LogP contribution in [-0.4, -0.2) is 34.8 Å². The number of fused-ring (bicyclic) bond motifs is 3. The van der Waals surface area contributed by atoms with Crippen molar-refractivity contribution in [1.82, 2.24) is 9.88 Å². The van der Waals surface area contributed by atoms with Gasteiger partial charge in [-0.15, -0.1) is 0 Å². The van der Waals surface area contributed by atoms with Crippen molar-refractivity contribution in [2.24, 2.45) is 5.41 Å². The van der Waals surface area contributed by atoms with E-state index in [9.17, 15) is 4.79 Å². The van der Waals surface area contributed by atoms with Crippen LogP contribution in [0.25, 0.3) is 0 Å². The average Bonchev–Trinajstić information content (AvgIpc) is 2.45. The molecule has 3 heteroatoms. The maximum absolute atomic E-state index is 12.8. The van der Waals surface area contributed by atoms with Gasteiger partial charge in [-0.2, -0.15) is 0 Å². The first-order chi connectivity index (χ1) is 9.25. The lowest BCUT2D eigenvalue weighted by Gasteiger charge is -2.51. The van der Waals surface area contributed by atoms with E-state index in [1.807, 2.05) is 24.4 Å². The second-order valence-corrected chi connectivity index (χ2v) is 5.97. The lowest BCUT2D eigenvalue weighted by atomic mass is 9.65. The first kappa shape index (κ1) is 12.8. The van der Waals surface area contributed by atoms with Crippen LogP contribution in [0.5, 0.6) is 0 Å². The highest BCUT2D eigenvalue weighted by Crippen LogP contribution is 2.44. The minimum absolute atomic E-state index is 0.0110. The Hall–Kier alpha value is -1.22. The van der Waals surface area contributed by atoms with Gasteiger partial charge in [0.25, 0.3) is 0 Å². The molecule has 4 heterocycles. The molecule has 102 valence electrons. The van der Waals surface area contributed by atoms with Gasteiger partial charge in [0.05, 0.1) is 6.04 Å². The Morgan fingerprint density at radius 1 is 1.37 bits per heavy atom. The normalized spacial score (nSPS) is 33.6. The Morgan fingerprint density at radius 3 is 2.79 bits per heavy atom. The fraction of sp³-hybridized carbons (Fsp3) is 0.625. The lowest BCUT2D eigenvalue weighted by Crippen LogP contribution is -2.61. The molecule has 0 aromatic carbocycles. The summed E-state index contributed by atoms with van der Waals surface area (Å²) in [5, 5.41) is 0. The number of hydrogen-bond donors (Lipinski definition) is 0. The third kappa shape index (κ3) is 2.20. The molecule has 3 aliphatic heterocycles. The van der Waals surface area contributed by atoms with Crippen LogP contribution in [0.15, 0.2) is 24.4 Å². The first-order valence-electron chi connectivity index (χ1n) is 7.43. The molecule has 0 N–H and O–H groups in total. The van der Waals surface area contributed by atoms with E-state index in [1.165, 1.54) is 0 Å². The Balaban J connectivity index is 1.81. The van der Waals surface area contributed by atoms with E-state index >= 15 is 0 Å². The number of piperidine rings is 3. The van der Waals surface area contributed by atoms with Gasteiger partial charge in [0.15, 0.2) is 5.78 Å². The molecule has 1 atom stereocenters. The third-order valence-electron chi connectivity index (χ3n) is 4.88. The van der Waals surface area contributed by atoms with Crippen molar-refractivity contribution >= 4 is 5.78 Å². The predicted octanol–water partition coefficient (Wildman–Crippen LogP) is 2.46. The molecule has 1 aromatic heterocycles. The topological polar surface area (TPSA) is 33.2 Å². The summed E-state index contributed by atoms with van der Waals surface area (Å²) in [6.07, 6.45) is 6.92. The molecule has 0 saturated carbocycles.